The fourth-order valence-corrected chi connectivity index (χ4v) is 3.23. The number of benzene rings is 1. The van der Waals surface area contributed by atoms with E-state index in [2.05, 4.69) is 20.7 Å². The summed E-state index contributed by atoms with van der Waals surface area (Å²) in [7, 11) is 2.67. The molecule has 1 aromatic rings. The van der Waals surface area contributed by atoms with E-state index >= 15 is 0 Å². The van der Waals surface area contributed by atoms with Gasteiger partial charge in [0.05, 0.1) is 18.4 Å². The fraction of sp³-hybridized carbons (Fsp3) is 0.222. The Morgan fingerprint density at radius 1 is 1.50 bits per heavy atom. The lowest BCUT2D eigenvalue weighted by molar-refractivity contribution is -0.139. The molecule has 0 fully saturated rings. The molecule has 0 heterocycles. The number of carbonyl (C=O) groups is 1. The molecule has 0 atom stereocenters. The SMILES string of the molecule is COC(=O)Cc1ccc(Br)c(S(=O)(=O)Cl)c1. The van der Waals surface area contributed by atoms with E-state index < -0.39 is 15.0 Å². The van der Waals surface area contributed by atoms with Gasteiger partial charge in [0, 0.05) is 15.2 Å². The molecule has 1 aromatic carbocycles. The van der Waals surface area contributed by atoms with E-state index in [-0.39, 0.29) is 11.3 Å². The van der Waals surface area contributed by atoms with E-state index in [1.165, 1.54) is 19.2 Å². The van der Waals surface area contributed by atoms with E-state index in [1.807, 2.05) is 0 Å². The number of rotatable bonds is 3. The van der Waals surface area contributed by atoms with Gasteiger partial charge in [-0.3, -0.25) is 4.79 Å². The standard InChI is InChI=1S/C9H8BrClO4S/c1-15-9(12)5-6-2-3-7(10)8(4-6)16(11,13)14/h2-4H,5H2,1H3. The zero-order valence-electron chi connectivity index (χ0n) is 8.24. The van der Waals surface area contributed by atoms with Crippen LogP contribution in [0.1, 0.15) is 5.56 Å². The van der Waals surface area contributed by atoms with E-state index in [0.717, 1.165) is 0 Å². The lowest BCUT2D eigenvalue weighted by Gasteiger charge is -2.04. The van der Waals surface area contributed by atoms with Crippen molar-refractivity contribution in [3.05, 3.63) is 28.2 Å². The summed E-state index contributed by atoms with van der Waals surface area (Å²) in [6.45, 7) is 0. The minimum atomic E-state index is -3.83. The zero-order chi connectivity index (χ0) is 12.3. The van der Waals surface area contributed by atoms with Crippen molar-refractivity contribution in [2.45, 2.75) is 11.3 Å². The van der Waals surface area contributed by atoms with E-state index in [4.69, 9.17) is 10.7 Å². The minimum absolute atomic E-state index is 0.00316. The molecule has 0 aliphatic carbocycles. The van der Waals surface area contributed by atoms with Crippen molar-refractivity contribution >= 4 is 41.6 Å². The zero-order valence-corrected chi connectivity index (χ0v) is 11.4. The molecule has 0 saturated carbocycles. The average molecular weight is 328 g/mol. The predicted octanol–water partition coefficient (Wildman–Crippen LogP) is 2.09. The van der Waals surface area contributed by atoms with Gasteiger partial charge >= 0.3 is 5.97 Å². The first-order valence-corrected chi connectivity index (χ1v) is 7.24. The summed E-state index contributed by atoms with van der Waals surface area (Å²) in [5, 5.41) is 0. The van der Waals surface area contributed by atoms with Crippen LogP contribution < -0.4 is 0 Å². The largest absolute Gasteiger partial charge is 0.469 e. The summed E-state index contributed by atoms with van der Waals surface area (Å²) >= 11 is 3.07. The van der Waals surface area contributed by atoms with Gasteiger partial charge in [0.2, 0.25) is 0 Å². The lowest BCUT2D eigenvalue weighted by Crippen LogP contribution is -2.05. The van der Waals surface area contributed by atoms with Gasteiger partial charge in [0.1, 0.15) is 0 Å². The van der Waals surface area contributed by atoms with Crippen molar-refractivity contribution in [2.75, 3.05) is 7.11 Å². The first kappa shape index (κ1) is 13.5. The maximum atomic E-state index is 11.2. The van der Waals surface area contributed by atoms with Crippen LogP contribution in [0, 0.1) is 0 Å². The number of esters is 1. The molecule has 0 aliphatic rings. The number of hydrogen-bond donors (Lipinski definition) is 0. The van der Waals surface area contributed by atoms with Crippen LogP contribution in [-0.4, -0.2) is 21.5 Å². The third-order valence-corrected chi connectivity index (χ3v) is 4.15. The lowest BCUT2D eigenvalue weighted by atomic mass is 10.1. The topological polar surface area (TPSA) is 60.4 Å². The van der Waals surface area contributed by atoms with Gasteiger partial charge in [-0.15, -0.1) is 0 Å². The van der Waals surface area contributed by atoms with E-state index in [9.17, 15) is 13.2 Å². The monoisotopic (exact) mass is 326 g/mol. The normalized spacial score (nSPS) is 11.2. The van der Waals surface area contributed by atoms with Crippen molar-refractivity contribution < 1.29 is 17.9 Å². The molecule has 4 nitrogen and oxygen atoms in total. The van der Waals surface area contributed by atoms with Crippen LogP contribution >= 0.6 is 26.6 Å². The Labute approximate surface area is 106 Å². The first-order valence-electron chi connectivity index (χ1n) is 4.14. The Bertz CT molecular complexity index is 512. The van der Waals surface area contributed by atoms with Gasteiger partial charge in [-0.05, 0) is 33.6 Å². The molecule has 0 amide bonds. The van der Waals surface area contributed by atoms with Crippen LogP contribution in [0.25, 0.3) is 0 Å². The molecule has 88 valence electrons. The van der Waals surface area contributed by atoms with E-state index in [1.54, 1.807) is 6.07 Å². The molecular weight excluding hydrogens is 320 g/mol. The molecule has 1 rings (SSSR count). The van der Waals surface area contributed by atoms with Crippen molar-refractivity contribution in [1.82, 2.24) is 0 Å². The molecule has 0 unspecified atom stereocenters. The Balaban J connectivity index is 3.13. The summed E-state index contributed by atoms with van der Waals surface area (Å²) in [4.78, 5) is 11.0. The highest BCUT2D eigenvalue weighted by Gasteiger charge is 2.15. The Morgan fingerprint density at radius 3 is 2.62 bits per heavy atom. The molecule has 0 aliphatic heterocycles. The average Bonchev–Trinajstić information content (AvgIpc) is 2.19. The van der Waals surface area contributed by atoms with Crippen LogP contribution in [0.4, 0.5) is 0 Å². The first-order chi connectivity index (χ1) is 7.34. The Hall–Kier alpha value is -0.590. The summed E-state index contributed by atoms with van der Waals surface area (Å²) in [5.41, 5.74) is 0.522. The highest BCUT2D eigenvalue weighted by Crippen LogP contribution is 2.26. The molecule has 0 bridgehead atoms. The number of halogens is 2. The summed E-state index contributed by atoms with van der Waals surface area (Å²) in [6.07, 6.45) is 0.00316. The molecule has 7 heteroatoms. The summed E-state index contributed by atoms with van der Waals surface area (Å²) < 4.78 is 27.2. The van der Waals surface area contributed by atoms with Crippen LogP contribution in [0.5, 0.6) is 0 Å². The molecule has 0 spiro atoms. The van der Waals surface area contributed by atoms with Crippen molar-refractivity contribution in [3.8, 4) is 0 Å². The van der Waals surface area contributed by atoms with Crippen molar-refractivity contribution in [3.63, 3.8) is 0 Å². The Morgan fingerprint density at radius 2 is 2.12 bits per heavy atom. The quantitative estimate of drug-likeness (QED) is 0.630. The predicted molar refractivity (Wildman–Crippen MR) is 62.9 cm³/mol. The molecule has 0 N–H and O–H groups in total. The summed E-state index contributed by atoms with van der Waals surface area (Å²) in [6, 6.07) is 4.48. The number of ether oxygens (including phenoxy) is 1. The molecule has 0 radical (unpaired) electrons. The molecule has 0 aromatic heterocycles. The third kappa shape index (κ3) is 3.47. The Kier molecular flexibility index (Phi) is 4.35. The molecule has 16 heavy (non-hydrogen) atoms. The molecular formula is C9H8BrClO4S. The van der Waals surface area contributed by atoms with Gasteiger partial charge in [0.25, 0.3) is 9.05 Å². The van der Waals surface area contributed by atoms with Gasteiger partial charge in [0.15, 0.2) is 0 Å². The highest BCUT2D eigenvalue weighted by molar-refractivity contribution is 9.10. The second kappa shape index (κ2) is 5.16. The van der Waals surface area contributed by atoms with E-state index in [0.29, 0.717) is 10.0 Å². The minimum Gasteiger partial charge on any atom is -0.469 e. The van der Waals surface area contributed by atoms with Crippen LogP contribution in [-0.2, 0) is 25.0 Å². The fourth-order valence-electron chi connectivity index (χ4n) is 1.08. The second-order valence-corrected chi connectivity index (χ2v) is 6.34. The van der Waals surface area contributed by atoms with Crippen molar-refractivity contribution in [1.29, 1.82) is 0 Å². The van der Waals surface area contributed by atoms with Gasteiger partial charge < -0.3 is 4.74 Å². The van der Waals surface area contributed by atoms with Crippen LogP contribution in [0.3, 0.4) is 0 Å². The number of methoxy groups -OCH3 is 1. The van der Waals surface area contributed by atoms with Crippen molar-refractivity contribution in [2.24, 2.45) is 0 Å². The number of carbonyl (C=O) groups excluding carboxylic acids is 1. The number of hydrogen-bond acceptors (Lipinski definition) is 4. The maximum absolute atomic E-state index is 11.2. The summed E-state index contributed by atoms with van der Waals surface area (Å²) in [5.74, 6) is -0.444. The maximum Gasteiger partial charge on any atom is 0.309 e. The third-order valence-electron chi connectivity index (χ3n) is 1.83. The molecule has 0 saturated heterocycles. The van der Waals surface area contributed by atoms with Gasteiger partial charge in [-0.1, -0.05) is 6.07 Å². The van der Waals surface area contributed by atoms with Crippen LogP contribution in [0.15, 0.2) is 27.6 Å². The second-order valence-electron chi connectivity index (χ2n) is 2.96. The van der Waals surface area contributed by atoms with Crippen LogP contribution in [0.2, 0.25) is 0 Å². The van der Waals surface area contributed by atoms with Gasteiger partial charge in [-0.25, -0.2) is 8.42 Å². The highest BCUT2D eigenvalue weighted by atomic mass is 79.9. The smallest absolute Gasteiger partial charge is 0.309 e. The van der Waals surface area contributed by atoms with Gasteiger partial charge in [-0.2, -0.15) is 0 Å².